The molecule has 0 aromatic heterocycles. The Morgan fingerprint density at radius 3 is 2.95 bits per heavy atom. The number of alkyl halides is 1. The van der Waals surface area contributed by atoms with Crippen LogP contribution in [0.3, 0.4) is 0 Å². The lowest BCUT2D eigenvalue weighted by Crippen LogP contribution is -2.22. The van der Waals surface area contributed by atoms with E-state index < -0.39 is 0 Å². The summed E-state index contributed by atoms with van der Waals surface area (Å²) in [5.41, 5.74) is 1.81. The molecule has 0 radical (unpaired) electrons. The van der Waals surface area contributed by atoms with Gasteiger partial charge in [-0.15, -0.1) is 11.6 Å². The van der Waals surface area contributed by atoms with Crippen molar-refractivity contribution in [3.05, 3.63) is 57.8 Å². The molecule has 110 valence electrons. The van der Waals surface area contributed by atoms with E-state index >= 15 is 0 Å². The zero-order chi connectivity index (χ0) is 14.8. The molecule has 0 saturated carbocycles. The number of ether oxygens (including phenoxy) is 2. The zero-order valence-corrected chi connectivity index (χ0v) is 13.5. The first-order valence-corrected chi connectivity index (χ1v) is 7.91. The van der Waals surface area contributed by atoms with E-state index in [1.165, 1.54) is 12.1 Å². The maximum atomic E-state index is 13.2. The number of hydrogen-bond acceptors (Lipinski definition) is 2. The SMILES string of the molecule is Fc1ccc2c(c1)CC(COc1ccc(Br)cc1CCl)O2. The Kier molecular flexibility index (Phi) is 4.36. The molecular weight excluding hydrogens is 359 g/mol. The van der Waals surface area contributed by atoms with Gasteiger partial charge >= 0.3 is 0 Å². The fourth-order valence-electron chi connectivity index (χ4n) is 2.36. The quantitative estimate of drug-likeness (QED) is 0.725. The smallest absolute Gasteiger partial charge is 0.137 e. The highest BCUT2D eigenvalue weighted by Gasteiger charge is 2.24. The van der Waals surface area contributed by atoms with E-state index in [1.807, 2.05) is 18.2 Å². The summed E-state index contributed by atoms with van der Waals surface area (Å²) in [6, 6.07) is 10.3. The number of benzene rings is 2. The van der Waals surface area contributed by atoms with Crippen molar-refractivity contribution in [1.82, 2.24) is 0 Å². The Balaban J connectivity index is 1.65. The minimum Gasteiger partial charge on any atom is -0.489 e. The summed E-state index contributed by atoms with van der Waals surface area (Å²) in [5.74, 6) is 1.62. The van der Waals surface area contributed by atoms with Crippen molar-refractivity contribution in [2.75, 3.05) is 6.61 Å². The summed E-state index contributed by atoms with van der Waals surface area (Å²) in [6.45, 7) is 0.405. The van der Waals surface area contributed by atoms with Gasteiger partial charge in [-0.25, -0.2) is 4.39 Å². The Labute approximate surface area is 136 Å². The van der Waals surface area contributed by atoms with Gasteiger partial charge in [-0.1, -0.05) is 15.9 Å². The fraction of sp³-hybridized carbons (Fsp3) is 0.250. The second kappa shape index (κ2) is 6.24. The summed E-state index contributed by atoms with van der Waals surface area (Å²) >= 11 is 9.32. The van der Waals surface area contributed by atoms with Crippen LogP contribution in [0.5, 0.6) is 11.5 Å². The Bertz CT molecular complexity index is 663. The van der Waals surface area contributed by atoms with Crippen molar-refractivity contribution >= 4 is 27.5 Å². The lowest BCUT2D eigenvalue weighted by atomic mass is 10.1. The summed E-state index contributed by atoms with van der Waals surface area (Å²) in [7, 11) is 0. The minimum absolute atomic E-state index is 0.103. The van der Waals surface area contributed by atoms with Gasteiger partial charge in [0.15, 0.2) is 0 Å². The third-order valence-electron chi connectivity index (χ3n) is 3.35. The van der Waals surface area contributed by atoms with E-state index in [9.17, 15) is 4.39 Å². The van der Waals surface area contributed by atoms with Crippen LogP contribution in [0.1, 0.15) is 11.1 Å². The van der Waals surface area contributed by atoms with Crippen molar-refractivity contribution in [2.24, 2.45) is 0 Å². The number of rotatable bonds is 4. The first kappa shape index (κ1) is 14.7. The van der Waals surface area contributed by atoms with Gasteiger partial charge in [0.2, 0.25) is 0 Å². The molecule has 1 heterocycles. The highest BCUT2D eigenvalue weighted by Crippen LogP contribution is 2.30. The van der Waals surface area contributed by atoms with Crippen LogP contribution in [0.2, 0.25) is 0 Å². The minimum atomic E-state index is -0.240. The Morgan fingerprint density at radius 1 is 1.29 bits per heavy atom. The zero-order valence-electron chi connectivity index (χ0n) is 11.1. The average Bonchev–Trinajstić information content (AvgIpc) is 2.87. The molecule has 0 amide bonds. The van der Waals surface area contributed by atoms with Gasteiger partial charge in [-0.05, 0) is 36.4 Å². The number of halogens is 3. The standard InChI is InChI=1S/C16H13BrClFO2/c17-12-1-3-15(11(5-12)8-18)20-9-14-7-10-6-13(19)2-4-16(10)21-14/h1-6,14H,7-9H2. The van der Waals surface area contributed by atoms with Crippen molar-refractivity contribution in [3.8, 4) is 11.5 Å². The maximum Gasteiger partial charge on any atom is 0.137 e. The van der Waals surface area contributed by atoms with E-state index in [2.05, 4.69) is 15.9 Å². The van der Waals surface area contributed by atoms with Gasteiger partial charge in [0.1, 0.15) is 30.0 Å². The normalized spacial score (nSPS) is 16.4. The van der Waals surface area contributed by atoms with Gasteiger partial charge in [0.25, 0.3) is 0 Å². The van der Waals surface area contributed by atoms with Crippen LogP contribution in [-0.4, -0.2) is 12.7 Å². The van der Waals surface area contributed by atoms with E-state index in [-0.39, 0.29) is 11.9 Å². The molecule has 0 spiro atoms. The largest absolute Gasteiger partial charge is 0.489 e. The highest BCUT2D eigenvalue weighted by molar-refractivity contribution is 9.10. The molecule has 1 unspecified atom stereocenters. The van der Waals surface area contributed by atoms with Crippen molar-refractivity contribution in [1.29, 1.82) is 0 Å². The molecule has 3 rings (SSSR count). The predicted octanol–water partition coefficient (Wildman–Crippen LogP) is 4.71. The monoisotopic (exact) mass is 370 g/mol. The summed E-state index contributed by atoms with van der Waals surface area (Å²) in [6.07, 6.45) is 0.549. The predicted molar refractivity (Wildman–Crippen MR) is 83.7 cm³/mol. The molecule has 0 N–H and O–H groups in total. The lowest BCUT2D eigenvalue weighted by molar-refractivity contribution is 0.148. The summed E-state index contributed by atoms with van der Waals surface area (Å²) in [5, 5.41) is 0. The Hall–Kier alpha value is -1.26. The highest BCUT2D eigenvalue weighted by atomic mass is 79.9. The van der Waals surface area contributed by atoms with E-state index in [0.717, 1.165) is 27.1 Å². The van der Waals surface area contributed by atoms with Gasteiger partial charge in [0, 0.05) is 22.0 Å². The van der Waals surface area contributed by atoms with Crippen LogP contribution in [0.25, 0.3) is 0 Å². The molecule has 1 aliphatic rings. The molecule has 1 aliphatic heterocycles. The van der Waals surface area contributed by atoms with Crippen LogP contribution in [0.15, 0.2) is 40.9 Å². The van der Waals surface area contributed by atoms with Crippen molar-refractivity contribution in [2.45, 2.75) is 18.4 Å². The molecule has 0 bridgehead atoms. The van der Waals surface area contributed by atoms with Crippen LogP contribution in [0, 0.1) is 5.82 Å². The van der Waals surface area contributed by atoms with E-state index in [4.69, 9.17) is 21.1 Å². The van der Waals surface area contributed by atoms with Crippen LogP contribution in [-0.2, 0) is 12.3 Å². The maximum absolute atomic E-state index is 13.2. The molecular formula is C16H13BrClFO2. The van der Waals surface area contributed by atoms with Crippen molar-refractivity contribution in [3.63, 3.8) is 0 Å². The summed E-state index contributed by atoms with van der Waals surface area (Å²) < 4.78 is 25.7. The van der Waals surface area contributed by atoms with Crippen LogP contribution >= 0.6 is 27.5 Å². The third-order valence-corrected chi connectivity index (χ3v) is 4.14. The Morgan fingerprint density at radius 2 is 2.14 bits per heavy atom. The van der Waals surface area contributed by atoms with Crippen LogP contribution in [0.4, 0.5) is 4.39 Å². The molecule has 5 heteroatoms. The molecule has 0 fully saturated rings. The fourth-order valence-corrected chi connectivity index (χ4v) is 2.98. The number of hydrogen-bond donors (Lipinski definition) is 0. The second-order valence-electron chi connectivity index (χ2n) is 4.89. The molecule has 0 saturated heterocycles. The first-order chi connectivity index (χ1) is 10.2. The summed E-state index contributed by atoms with van der Waals surface area (Å²) in [4.78, 5) is 0. The number of fused-ring (bicyclic) bond motifs is 1. The van der Waals surface area contributed by atoms with E-state index in [1.54, 1.807) is 6.07 Å². The van der Waals surface area contributed by atoms with E-state index in [0.29, 0.717) is 18.9 Å². The van der Waals surface area contributed by atoms with Crippen molar-refractivity contribution < 1.29 is 13.9 Å². The topological polar surface area (TPSA) is 18.5 Å². The van der Waals surface area contributed by atoms with Gasteiger partial charge in [0.05, 0.1) is 5.88 Å². The molecule has 1 atom stereocenters. The van der Waals surface area contributed by atoms with Crippen LogP contribution < -0.4 is 9.47 Å². The molecule has 21 heavy (non-hydrogen) atoms. The third kappa shape index (κ3) is 3.33. The molecule has 0 aliphatic carbocycles. The second-order valence-corrected chi connectivity index (χ2v) is 6.08. The van der Waals surface area contributed by atoms with Gasteiger partial charge < -0.3 is 9.47 Å². The first-order valence-electron chi connectivity index (χ1n) is 6.58. The van der Waals surface area contributed by atoms with Gasteiger partial charge in [-0.2, -0.15) is 0 Å². The lowest BCUT2D eigenvalue weighted by Gasteiger charge is -2.14. The average molecular weight is 372 g/mol. The molecule has 2 aromatic rings. The molecule has 2 nitrogen and oxygen atoms in total. The van der Waals surface area contributed by atoms with Gasteiger partial charge in [-0.3, -0.25) is 0 Å². The molecule has 2 aromatic carbocycles.